The lowest BCUT2D eigenvalue weighted by molar-refractivity contribution is 0.477. The summed E-state index contributed by atoms with van der Waals surface area (Å²) in [6, 6.07) is 9.20. The highest BCUT2D eigenvalue weighted by atomic mass is 16.3. The molecule has 1 aliphatic rings. The van der Waals surface area contributed by atoms with Crippen LogP contribution in [0, 0.1) is 11.8 Å². The molecular formula is C24H23N7O. The molecule has 0 radical (unpaired) electrons. The highest BCUT2D eigenvalue weighted by Gasteiger charge is 2.25. The predicted molar refractivity (Wildman–Crippen MR) is 123 cm³/mol. The fraction of sp³-hybridized carbons (Fsp3) is 0.250. The lowest BCUT2D eigenvalue weighted by Crippen LogP contribution is -2.34. The van der Waals surface area contributed by atoms with Gasteiger partial charge in [0.2, 0.25) is 5.95 Å². The van der Waals surface area contributed by atoms with Crippen molar-refractivity contribution in [3.05, 3.63) is 60.0 Å². The van der Waals surface area contributed by atoms with Crippen molar-refractivity contribution in [3.8, 4) is 28.8 Å². The van der Waals surface area contributed by atoms with E-state index in [1.54, 1.807) is 24.5 Å². The molecule has 1 aliphatic heterocycles. The Morgan fingerprint density at radius 3 is 2.66 bits per heavy atom. The molecule has 160 valence electrons. The van der Waals surface area contributed by atoms with Crippen LogP contribution >= 0.6 is 0 Å². The van der Waals surface area contributed by atoms with Crippen LogP contribution in [0.1, 0.15) is 29.9 Å². The molecule has 3 aromatic heterocycles. The summed E-state index contributed by atoms with van der Waals surface area (Å²) in [5, 5.41) is 19.9. The number of nitrogens with two attached hydrogens (primary N) is 1. The van der Waals surface area contributed by atoms with Gasteiger partial charge < -0.3 is 20.7 Å². The van der Waals surface area contributed by atoms with Crippen molar-refractivity contribution in [3.63, 3.8) is 0 Å². The third-order valence-corrected chi connectivity index (χ3v) is 5.84. The number of fused-ring (bicyclic) bond motifs is 1. The standard InChI is InChI=1S/C24H23N7O/c25-9-3-4-16-13-27-24(28-14-16)31-10-7-17(8-11-31)20-15-26-23-19(20)12-21(29-30-23)18-5-1-2-6-22(18)32/h1-2,5-6,12-15,17,32H,7-11,25H2,(H,26,30). The number of aromatic hydroxyl groups is 1. The number of nitrogens with zero attached hydrogens (tertiary/aromatic N) is 5. The number of aromatic nitrogens is 5. The second-order valence-electron chi connectivity index (χ2n) is 7.79. The average molecular weight is 425 g/mol. The number of phenols is 1. The molecule has 0 amide bonds. The topological polar surface area (TPSA) is 117 Å². The molecule has 32 heavy (non-hydrogen) atoms. The molecule has 0 aliphatic carbocycles. The molecular weight excluding hydrogens is 402 g/mol. The molecule has 4 N–H and O–H groups in total. The summed E-state index contributed by atoms with van der Waals surface area (Å²) in [6.45, 7) is 2.06. The highest BCUT2D eigenvalue weighted by molar-refractivity contribution is 5.84. The molecule has 8 heteroatoms. The Balaban J connectivity index is 1.34. The van der Waals surface area contributed by atoms with Gasteiger partial charge in [-0.2, -0.15) is 0 Å². The second-order valence-corrected chi connectivity index (χ2v) is 7.79. The van der Waals surface area contributed by atoms with Crippen molar-refractivity contribution in [2.45, 2.75) is 18.8 Å². The zero-order valence-corrected chi connectivity index (χ0v) is 17.5. The van der Waals surface area contributed by atoms with E-state index in [-0.39, 0.29) is 5.75 Å². The minimum Gasteiger partial charge on any atom is -0.507 e. The summed E-state index contributed by atoms with van der Waals surface area (Å²) < 4.78 is 0. The number of rotatable bonds is 3. The first-order valence-corrected chi connectivity index (χ1v) is 10.6. The van der Waals surface area contributed by atoms with Gasteiger partial charge in [0.1, 0.15) is 5.75 Å². The Morgan fingerprint density at radius 1 is 1.12 bits per heavy atom. The fourth-order valence-electron chi connectivity index (χ4n) is 4.19. The number of hydrogen-bond acceptors (Lipinski definition) is 7. The number of benzene rings is 1. The predicted octanol–water partition coefficient (Wildman–Crippen LogP) is 2.81. The Hall–Kier alpha value is -3.96. The normalized spacial score (nSPS) is 14.3. The van der Waals surface area contributed by atoms with E-state index in [1.807, 2.05) is 24.4 Å². The quantitative estimate of drug-likeness (QED) is 0.432. The van der Waals surface area contributed by atoms with E-state index < -0.39 is 0 Å². The molecule has 0 spiro atoms. The molecule has 4 heterocycles. The number of aromatic amines is 1. The zero-order chi connectivity index (χ0) is 21.9. The SMILES string of the molecule is NCC#Cc1cnc(N2CCC(c3c[nH]c4nnc(-c5ccccc5O)cc34)CC2)nc1. The monoisotopic (exact) mass is 425 g/mol. The minimum atomic E-state index is 0.201. The molecule has 1 aromatic carbocycles. The summed E-state index contributed by atoms with van der Waals surface area (Å²) >= 11 is 0. The Kier molecular flexibility index (Phi) is 5.40. The maximum atomic E-state index is 10.2. The number of para-hydroxylation sites is 1. The lowest BCUT2D eigenvalue weighted by atomic mass is 9.89. The van der Waals surface area contributed by atoms with E-state index in [2.05, 4.69) is 41.9 Å². The number of piperidine rings is 1. The van der Waals surface area contributed by atoms with Crippen LogP contribution in [0.2, 0.25) is 0 Å². The average Bonchev–Trinajstić information content (AvgIpc) is 3.27. The Bertz CT molecular complexity index is 1300. The van der Waals surface area contributed by atoms with Gasteiger partial charge in [-0.3, -0.25) is 0 Å². The van der Waals surface area contributed by atoms with Crippen LogP contribution in [0.5, 0.6) is 5.75 Å². The van der Waals surface area contributed by atoms with E-state index in [4.69, 9.17) is 5.73 Å². The molecule has 0 saturated carbocycles. The van der Waals surface area contributed by atoms with Crippen LogP contribution in [-0.4, -0.2) is 49.9 Å². The van der Waals surface area contributed by atoms with Crippen molar-refractivity contribution >= 4 is 17.0 Å². The van der Waals surface area contributed by atoms with E-state index in [1.165, 1.54) is 5.56 Å². The number of nitrogens with one attached hydrogen (secondary N) is 1. The van der Waals surface area contributed by atoms with Gasteiger partial charge in [0.05, 0.1) is 17.8 Å². The van der Waals surface area contributed by atoms with Gasteiger partial charge in [-0.1, -0.05) is 24.0 Å². The van der Waals surface area contributed by atoms with Gasteiger partial charge in [0.25, 0.3) is 0 Å². The molecule has 1 saturated heterocycles. The molecule has 8 nitrogen and oxygen atoms in total. The van der Waals surface area contributed by atoms with Gasteiger partial charge in [-0.05, 0) is 42.5 Å². The second kappa shape index (κ2) is 8.65. The fourth-order valence-corrected chi connectivity index (χ4v) is 4.19. The number of anilines is 1. The Labute approximate surface area is 185 Å². The van der Waals surface area contributed by atoms with Crippen LogP contribution in [-0.2, 0) is 0 Å². The van der Waals surface area contributed by atoms with Crippen LogP contribution in [0.3, 0.4) is 0 Å². The van der Waals surface area contributed by atoms with Gasteiger partial charge >= 0.3 is 0 Å². The molecule has 1 fully saturated rings. The molecule has 0 unspecified atom stereocenters. The summed E-state index contributed by atoms with van der Waals surface area (Å²) in [6.07, 6.45) is 7.50. The molecule has 4 aromatic rings. The maximum Gasteiger partial charge on any atom is 0.225 e. The first-order chi connectivity index (χ1) is 15.7. The number of hydrogen-bond donors (Lipinski definition) is 3. The first kappa shape index (κ1) is 20.0. The van der Waals surface area contributed by atoms with E-state index in [9.17, 15) is 5.11 Å². The Morgan fingerprint density at radius 2 is 1.91 bits per heavy atom. The summed E-state index contributed by atoms with van der Waals surface area (Å²) in [5.41, 5.74) is 9.53. The summed E-state index contributed by atoms with van der Waals surface area (Å²) in [7, 11) is 0. The van der Waals surface area contributed by atoms with Crippen molar-refractivity contribution < 1.29 is 5.11 Å². The maximum absolute atomic E-state index is 10.2. The summed E-state index contributed by atoms with van der Waals surface area (Å²) in [4.78, 5) is 14.4. The van der Waals surface area contributed by atoms with Crippen molar-refractivity contribution in [2.75, 3.05) is 24.5 Å². The minimum absolute atomic E-state index is 0.201. The van der Waals surface area contributed by atoms with Gasteiger partial charge in [-0.15, -0.1) is 10.2 Å². The third kappa shape index (κ3) is 3.86. The molecule has 5 rings (SSSR count). The lowest BCUT2D eigenvalue weighted by Gasteiger charge is -2.31. The third-order valence-electron chi connectivity index (χ3n) is 5.84. The van der Waals surface area contributed by atoms with Crippen LogP contribution in [0.4, 0.5) is 5.95 Å². The molecule has 0 atom stereocenters. The van der Waals surface area contributed by atoms with Gasteiger partial charge in [0.15, 0.2) is 5.65 Å². The van der Waals surface area contributed by atoms with E-state index in [0.717, 1.165) is 48.5 Å². The molecule has 0 bridgehead atoms. The first-order valence-electron chi connectivity index (χ1n) is 10.6. The zero-order valence-electron chi connectivity index (χ0n) is 17.5. The largest absolute Gasteiger partial charge is 0.507 e. The van der Waals surface area contributed by atoms with Crippen LogP contribution in [0.15, 0.2) is 48.9 Å². The van der Waals surface area contributed by atoms with Gasteiger partial charge in [0, 0.05) is 42.6 Å². The van der Waals surface area contributed by atoms with E-state index in [0.29, 0.717) is 23.7 Å². The van der Waals surface area contributed by atoms with Crippen LogP contribution < -0.4 is 10.6 Å². The number of phenolic OH excluding ortho intramolecular Hbond substituents is 1. The smallest absolute Gasteiger partial charge is 0.225 e. The van der Waals surface area contributed by atoms with Crippen molar-refractivity contribution in [2.24, 2.45) is 5.73 Å². The number of H-pyrrole nitrogens is 1. The summed E-state index contributed by atoms with van der Waals surface area (Å²) in [5.74, 6) is 7.09. The van der Waals surface area contributed by atoms with Crippen LogP contribution in [0.25, 0.3) is 22.3 Å². The van der Waals surface area contributed by atoms with Crippen molar-refractivity contribution in [1.29, 1.82) is 0 Å². The van der Waals surface area contributed by atoms with Crippen molar-refractivity contribution in [1.82, 2.24) is 25.1 Å². The van der Waals surface area contributed by atoms with Gasteiger partial charge in [-0.25, -0.2) is 9.97 Å². The highest BCUT2D eigenvalue weighted by Crippen LogP contribution is 2.35. The van der Waals surface area contributed by atoms with E-state index >= 15 is 0 Å².